The van der Waals surface area contributed by atoms with Gasteiger partial charge in [0.05, 0.1) is 40.7 Å². The average Bonchev–Trinajstić information content (AvgIpc) is 3.51. The summed E-state index contributed by atoms with van der Waals surface area (Å²) in [7, 11) is 0. The van der Waals surface area contributed by atoms with E-state index < -0.39 is 0 Å². The predicted molar refractivity (Wildman–Crippen MR) is 311 cm³/mol. The fourth-order valence-electron chi connectivity index (χ4n) is 4.61. The van der Waals surface area contributed by atoms with E-state index in [1.54, 1.807) is 49.7 Å². The van der Waals surface area contributed by atoms with Crippen LogP contribution in [0.25, 0.3) is 54.6 Å². The van der Waals surface area contributed by atoms with E-state index in [4.69, 9.17) is 0 Å². The van der Waals surface area contributed by atoms with Crippen LogP contribution in [0.15, 0.2) is 183 Å². The zero-order valence-corrected chi connectivity index (χ0v) is 46.8. The van der Waals surface area contributed by atoms with E-state index in [0.717, 1.165) is 54.6 Å². The quantitative estimate of drug-likeness (QED) is 0.145. The van der Waals surface area contributed by atoms with Gasteiger partial charge in [-0.25, -0.2) is 19.9 Å². The van der Waals surface area contributed by atoms with Crippen molar-refractivity contribution in [1.82, 2.24) is 50.3 Å². The second-order valence-electron chi connectivity index (χ2n) is 10.4. The Morgan fingerprint density at radius 1 is 0.243 bits per heavy atom. The van der Waals surface area contributed by atoms with Crippen molar-refractivity contribution in [2.75, 3.05) is 0 Å². The number of benzene rings is 4. The summed E-state index contributed by atoms with van der Waals surface area (Å²) in [5, 5.41) is 20.8. The molecule has 0 radical (unpaired) electrons. The molecule has 6 aromatic heterocycles. The van der Waals surface area contributed by atoms with Crippen LogP contribution in [0.2, 0.25) is 0 Å². The molecule has 4 aromatic carbocycles. The van der Waals surface area contributed by atoms with Crippen molar-refractivity contribution in [1.29, 1.82) is 0 Å². The van der Waals surface area contributed by atoms with Crippen molar-refractivity contribution in [3.63, 3.8) is 0 Å². The van der Waals surface area contributed by atoms with Crippen molar-refractivity contribution >= 4 is 54.6 Å². The molecule has 10 aromatic rings. The third kappa shape index (κ3) is 31.7. The Bertz CT molecular complexity index is 1810. The minimum atomic E-state index is 0.810. The van der Waals surface area contributed by atoms with Gasteiger partial charge < -0.3 is 0 Å². The molecule has 0 saturated heterocycles. The van der Waals surface area contributed by atoms with Crippen LogP contribution in [-0.4, -0.2) is 50.3 Å². The molecule has 10 heteroatoms. The van der Waals surface area contributed by atoms with E-state index >= 15 is 0 Å². The second-order valence-corrected chi connectivity index (χ2v) is 10.4. The van der Waals surface area contributed by atoms with Crippen LogP contribution in [0.1, 0.15) is 138 Å². The van der Waals surface area contributed by atoms with Crippen molar-refractivity contribution in [3.8, 4) is 0 Å². The lowest BCUT2D eigenvalue weighted by atomic mass is 10.2. The average molecular weight is 951 g/mol. The molecular weight excluding hydrogens is 861 g/mol. The van der Waals surface area contributed by atoms with E-state index in [2.05, 4.69) is 50.3 Å². The minimum Gasteiger partial charge on any atom is -0.253 e. The Labute approximate surface area is 425 Å². The monoisotopic (exact) mass is 951 g/mol. The topological polar surface area (TPSA) is 129 Å². The van der Waals surface area contributed by atoms with E-state index in [0.29, 0.717) is 0 Å². The Kier molecular flexibility index (Phi) is 59.4. The zero-order chi connectivity index (χ0) is 54.1. The van der Waals surface area contributed by atoms with Crippen molar-refractivity contribution in [3.05, 3.63) is 183 Å². The largest absolute Gasteiger partial charge is 0.253 e. The van der Waals surface area contributed by atoms with Gasteiger partial charge in [-0.3, -0.25) is 9.97 Å². The van der Waals surface area contributed by atoms with Gasteiger partial charge in [-0.15, -0.1) is 0 Å². The highest BCUT2D eigenvalue weighted by atomic mass is 15.1. The molecular formula is C60H90N10. The van der Waals surface area contributed by atoms with Gasteiger partial charge >= 0.3 is 0 Å². The fourth-order valence-corrected chi connectivity index (χ4v) is 4.61. The normalized spacial score (nSPS) is 8.00. The summed E-state index contributed by atoms with van der Waals surface area (Å²) in [5.74, 6) is 0. The minimum absolute atomic E-state index is 0.810. The first kappa shape index (κ1) is 71.8. The maximum absolute atomic E-state index is 4.12. The van der Waals surface area contributed by atoms with Gasteiger partial charge in [-0.05, 0) is 54.6 Å². The lowest BCUT2D eigenvalue weighted by molar-refractivity contribution is 1.05. The highest BCUT2D eigenvalue weighted by molar-refractivity contribution is 5.80. The molecule has 0 unspecified atom stereocenters. The number of hydrogen-bond donors (Lipinski definition) is 0. The highest BCUT2D eigenvalue weighted by Crippen LogP contribution is 2.10. The highest BCUT2D eigenvalue weighted by Gasteiger charge is 1.91. The molecule has 0 bridgehead atoms. The Morgan fingerprint density at radius 3 is 1.03 bits per heavy atom. The van der Waals surface area contributed by atoms with E-state index in [-0.39, 0.29) is 0 Å². The number of fused-ring (bicyclic) bond motifs is 5. The fraction of sp³-hybridized carbons (Fsp3) is 0.333. The first-order valence-corrected chi connectivity index (χ1v) is 25.6. The van der Waals surface area contributed by atoms with E-state index in [1.807, 2.05) is 272 Å². The maximum Gasteiger partial charge on any atom is 0.159 e. The number of hydrogen-bond acceptors (Lipinski definition) is 10. The van der Waals surface area contributed by atoms with Gasteiger partial charge in [0.25, 0.3) is 0 Å². The van der Waals surface area contributed by atoms with Crippen LogP contribution in [-0.2, 0) is 0 Å². The van der Waals surface area contributed by atoms with Gasteiger partial charge in [-0.1, -0.05) is 211 Å². The zero-order valence-electron chi connectivity index (χ0n) is 46.8. The van der Waals surface area contributed by atoms with Crippen LogP contribution in [0.4, 0.5) is 0 Å². The molecule has 6 heterocycles. The van der Waals surface area contributed by atoms with Gasteiger partial charge in [0, 0.05) is 57.9 Å². The molecule has 70 heavy (non-hydrogen) atoms. The number of aromatic nitrogens is 10. The number of pyridine rings is 2. The first-order valence-electron chi connectivity index (χ1n) is 25.6. The van der Waals surface area contributed by atoms with Gasteiger partial charge in [0.1, 0.15) is 6.33 Å². The third-order valence-corrected chi connectivity index (χ3v) is 7.04. The smallest absolute Gasteiger partial charge is 0.159 e. The summed E-state index contributed by atoms with van der Waals surface area (Å²) >= 11 is 0. The summed E-state index contributed by atoms with van der Waals surface area (Å²) in [5.41, 5.74) is 4.66. The maximum atomic E-state index is 4.12. The van der Waals surface area contributed by atoms with Gasteiger partial charge in [0.15, 0.2) is 5.65 Å². The molecule has 0 aliphatic carbocycles. The lowest BCUT2D eigenvalue weighted by Gasteiger charge is -1.90. The molecule has 0 amide bonds. The van der Waals surface area contributed by atoms with Crippen LogP contribution in [0, 0.1) is 0 Å². The lowest BCUT2D eigenvalue weighted by Crippen LogP contribution is -1.79. The molecule has 10 rings (SSSR count). The number of rotatable bonds is 0. The third-order valence-electron chi connectivity index (χ3n) is 7.04. The van der Waals surface area contributed by atoms with Crippen LogP contribution in [0.5, 0.6) is 0 Å². The van der Waals surface area contributed by atoms with Crippen molar-refractivity contribution in [2.45, 2.75) is 138 Å². The van der Waals surface area contributed by atoms with Crippen LogP contribution >= 0.6 is 0 Å². The Balaban J connectivity index is -0.000000230. The molecule has 0 fully saturated rings. The summed E-state index contributed by atoms with van der Waals surface area (Å²) in [6.45, 7) is 40.0. The summed E-state index contributed by atoms with van der Waals surface area (Å²) in [4.78, 5) is 24.3. The van der Waals surface area contributed by atoms with Gasteiger partial charge in [0.2, 0.25) is 0 Å². The predicted octanol–water partition coefficient (Wildman–Crippen LogP) is 18.4. The van der Waals surface area contributed by atoms with Crippen molar-refractivity contribution < 1.29 is 0 Å². The van der Waals surface area contributed by atoms with E-state index in [1.165, 1.54) is 0 Å². The summed E-state index contributed by atoms with van der Waals surface area (Å²) in [6.07, 6.45) is 15.5. The Hall–Kier alpha value is -7.20. The summed E-state index contributed by atoms with van der Waals surface area (Å²) in [6, 6.07) is 41.4. The van der Waals surface area contributed by atoms with Gasteiger partial charge in [-0.2, -0.15) is 20.4 Å². The van der Waals surface area contributed by atoms with E-state index in [9.17, 15) is 0 Å². The number of nitrogens with zero attached hydrogens (tertiary/aromatic N) is 10. The molecule has 0 aliphatic rings. The standard InChI is InChI=1S/5C8H6N2.10C2H6/c1-3-7-4-2-6-10-8(7)9-5-1;1-2-4-8-7(3-1)5-9-6-10-8;1-2-4-8-6-10-9-5-7(8)3-1;1-2-4-8-7(3-1)9-5-6-10-8;1-2-4-8-7(3-1)5-6-9-10-8;10*1-2/h5*1-6H;10*1-2H3. The van der Waals surface area contributed by atoms with Crippen LogP contribution in [0.3, 0.4) is 0 Å². The second kappa shape index (κ2) is 57.9. The number of para-hydroxylation sites is 3. The molecule has 0 spiro atoms. The molecule has 0 saturated carbocycles. The molecule has 380 valence electrons. The molecule has 10 nitrogen and oxygen atoms in total. The SMILES string of the molecule is CC.CC.CC.CC.CC.CC.CC.CC.CC.CC.c1ccc2cnncc2c1.c1ccc2nccnc2c1.c1ccc2ncncc2c1.c1ccc2nnccc2c1.c1cnc2ncccc2c1. The first-order chi connectivity index (χ1) is 34.8. The molecule has 0 N–H and O–H groups in total. The molecule has 0 atom stereocenters. The summed E-state index contributed by atoms with van der Waals surface area (Å²) < 4.78 is 0. The Morgan fingerprint density at radius 2 is 0.614 bits per heavy atom. The van der Waals surface area contributed by atoms with Crippen molar-refractivity contribution in [2.24, 2.45) is 0 Å². The van der Waals surface area contributed by atoms with Crippen LogP contribution < -0.4 is 0 Å². The molecule has 0 aliphatic heterocycles.